The molecule has 0 atom stereocenters. The Morgan fingerprint density at radius 1 is 1.08 bits per heavy atom. The summed E-state index contributed by atoms with van der Waals surface area (Å²) in [6.07, 6.45) is 3.24. The quantitative estimate of drug-likeness (QED) is 0.385. The van der Waals surface area contributed by atoms with Crippen LogP contribution in [0.1, 0.15) is 33.2 Å². The molecule has 0 unspecified atom stereocenters. The highest BCUT2D eigenvalue weighted by atomic mass is 79.9. The van der Waals surface area contributed by atoms with Gasteiger partial charge in [0.1, 0.15) is 6.61 Å². The van der Waals surface area contributed by atoms with Crippen LogP contribution in [0, 0.1) is 0 Å². The molecule has 4 nitrogen and oxygen atoms in total. The van der Waals surface area contributed by atoms with Gasteiger partial charge in [-0.05, 0) is 46.6 Å². The zero-order valence-electron chi connectivity index (χ0n) is 14.3. The van der Waals surface area contributed by atoms with E-state index in [2.05, 4.69) is 22.5 Å². The number of hydrogen-bond donors (Lipinski definition) is 0. The Bertz CT molecular complexity index is 891. The van der Waals surface area contributed by atoms with Gasteiger partial charge in [-0.1, -0.05) is 36.9 Å². The molecule has 0 amide bonds. The molecule has 1 aliphatic carbocycles. The summed E-state index contributed by atoms with van der Waals surface area (Å²) >= 11 is 3.47. The molecule has 2 aromatic carbocycles. The van der Waals surface area contributed by atoms with Crippen molar-refractivity contribution in [2.24, 2.45) is 0 Å². The number of ether oxygens (including phenoxy) is 2. The first-order chi connectivity index (χ1) is 12.6. The van der Waals surface area contributed by atoms with Gasteiger partial charge in [0.25, 0.3) is 0 Å². The summed E-state index contributed by atoms with van der Waals surface area (Å²) in [5.74, 6) is 0.575. The van der Waals surface area contributed by atoms with Gasteiger partial charge in [0.15, 0.2) is 23.1 Å². The lowest BCUT2D eigenvalue weighted by molar-refractivity contribution is 0.0990. The Morgan fingerprint density at radius 3 is 2.31 bits per heavy atom. The molecule has 0 aromatic heterocycles. The van der Waals surface area contributed by atoms with Crippen LogP contribution < -0.4 is 9.47 Å². The van der Waals surface area contributed by atoms with Gasteiger partial charge >= 0.3 is 0 Å². The van der Waals surface area contributed by atoms with Crippen LogP contribution in [0.15, 0.2) is 59.1 Å². The van der Waals surface area contributed by atoms with E-state index < -0.39 is 0 Å². The van der Waals surface area contributed by atoms with Gasteiger partial charge in [0.05, 0.1) is 16.7 Å². The van der Waals surface area contributed by atoms with E-state index in [1.807, 2.05) is 6.92 Å². The number of benzene rings is 2. The number of carbonyl (C=O) groups is 2. The average molecular weight is 413 g/mol. The third-order valence-electron chi connectivity index (χ3n) is 3.89. The number of Topliss-reactive ketones (excluding diaryl/α,β-unsaturated/α-hetero) is 2. The highest BCUT2D eigenvalue weighted by Crippen LogP contribution is 2.38. The minimum absolute atomic E-state index is 0.153. The van der Waals surface area contributed by atoms with Crippen molar-refractivity contribution in [3.8, 4) is 11.5 Å². The summed E-state index contributed by atoms with van der Waals surface area (Å²) in [6, 6.07) is 10.4. The molecule has 0 saturated heterocycles. The summed E-state index contributed by atoms with van der Waals surface area (Å²) in [6.45, 7) is 6.31. The van der Waals surface area contributed by atoms with Crippen LogP contribution in [0.3, 0.4) is 0 Å². The standard InChI is InChI=1S/C21H17BrO4/c1-3-9-26-21-17(22)11-13(12-18(21)25-4-2)10-16-19(23)14-7-5-6-8-15(14)20(16)24/h3,5-8,10-12H,1,4,9H2,2H3. The minimum atomic E-state index is -0.258. The molecular formula is C21H17BrO4. The fourth-order valence-corrected chi connectivity index (χ4v) is 3.36. The maximum Gasteiger partial charge on any atom is 0.197 e. The van der Waals surface area contributed by atoms with Gasteiger partial charge in [0.2, 0.25) is 0 Å². The van der Waals surface area contributed by atoms with Crippen molar-refractivity contribution in [2.75, 3.05) is 13.2 Å². The van der Waals surface area contributed by atoms with E-state index in [0.29, 0.717) is 45.9 Å². The van der Waals surface area contributed by atoms with Gasteiger partial charge in [-0.2, -0.15) is 0 Å². The highest BCUT2D eigenvalue weighted by Gasteiger charge is 2.32. The first-order valence-electron chi connectivity index (χ1n) is 8.17. The second-order valence-electron chi connectivity index (χ2n) is 5.62. The molecule has 5 heteroatoms. The van der Waals surface area contributed by atoms with Gasteiger partial charge in [-0.25, -0.2) is 0 Å². The van der Waals surface area contributed by atoms with E-state index >= 15 is 0 Å². The van der Waals surface area contributed by atoms with Crippen LogP contribution >= 0.6 is 15.9 Å². The van der Waals surface area contributed by atoms with Crippen molar-refractivity contribution < 1.29 is 19.1 Å². The number of halogens is 1. The predicted molar refractivity (Wildman–Crippen MR) is 104 cm³/mol. The number of ketones is 2. The Kier molecular flexibility index (Phi) is 5.38. The number of fused-ring (bicyclic) bond motifs is 1. The van der Waals surface area contributed by atoms with E-state index in [1.165, 1.54) is 0 Å². The number of hydrogen-bond acceptors (Lipinski definition) is 4. The zero-order chi connectivity index (χ0) is 18.7. The molecule has 0 N–H and O–H groups in total. The summed E-state index contributed by atoms with van der Waals surface area (Å²) in [7, 11) is 0. The predicted octanol–water partition coefficient (Wildman–Crippen LogP) is 4.88. The van der Waals surface area contributed by atoms with Crippen molar-refractivity contribution in [2.45, 2.75) is 6.92 Å². The molecule has 0 spiro atoms. The van der Waals surface area contributed by atoms with E-state index in [1.54, 1.807) is 48.6 Å². The summed E-state index contributed by atoms with van der Waals surface area (Å²) in [4.78, 5) is 25.1. The summed E-state index contributed by atoms with van der Waals surface area (Å²) in [5, 5.41) is 0. The highest BCUT2D eigenvalue weighted by molar-refractivity contribution is 9.10. The van der Waals surface area contributed by atoms with Crippen LogP contribution in [0.4, 0.5) is 0 Å². The molecule has 0 radical (unpaired) electrons. The molecule has 132 valence electrons. The van der Waals surface area contributed by atoms with Crippen molar-refractivity contribution in [1.82, 2.24) is 0 Å². The molecule has 3 rings (SSSR count). The third kappa shape index (κ3) is 3.35. The van der Waals surface area contributed by atoms with Crippen LogP contribution in [-0.2, 0) is 0 Å². The Balaban J connectivity index is 2.03. The topological polar surface area (TPSA) is 52.6 Å². The van der Waals surface area contributed by atoms with Crippen molar-refractivity contribution in [3.63, 3.8) is 0 Å². The fraction of sp³-hybridized carbons (Fsp3) is 0.143. The second-order valence-corrected chi connectivity index (χ2v) is 6.48. The summed E-state index contributed by atoms with van der Waals surface area (Å²) < 4.78 is 12.0. The maximum atomic E-state index is 12.5. The smallest absolute Gasteiger partial charge is 0.197 e. The second kappa shape index (κ2) is 7.70. The monoisotopic (exact) mass is 412 g/mol. The van der Waals surface area contributed by atoms with Gasteiger partial charge in [-0.15, -0.1) is 0 Å². The largest absolute Gasteiger partial charge is 0.490 e. The van der Waals surface area contributed by atoms with Gasteiger partial charge in [0, 0.05) is 11.1 Å². The van der Waals surface area contributed by atoms with Gasteiger partial charge < -0.3 is 9.47 Å². The number of allylic oxidation sites excluding steroid dienone is 1. The lowest BCUT2D eigenvalue weighted by Crippen LogP contribution is -2.02. The van der Waals surface area contributed by atoms with E-state index in [9.17, 15) is 9.59 Å². The van der Waals surface area contributed by atoms with Crippen LogP contribution in [0.25, 0.3) is 6.08 Å². The lowest BCUT2D eigenvalue weighted by Gasteiger charge is -2.13. The van der Waals surface area contributed by atoms with E-state index in [4.69, 9.17) is 9.47 Å². The molecule has 2 aromatic rings. The molecule has 0 aliphatic heterocycles. The molecule has 1 aliphatic rings. The van der Waals surface area contributed by atoms with Crippen LogP contribution in [0.2, 0.25) is 0 Å². The van der Waals surface area contributed by atoms with Gasteiger partial charge in [-0.3, -0.25) is 9.59 Å². The molecular weight excluding hydrogens is 396 g/mol. The van der Waals surface area contributed by atoms with Crippen molar-refractivity contribution in [3.05, 3.63) is 75.8 Å². The van der Waals surface area contributed by atoms with E-state index in [0.717, 1.165) is 0 Å². The van der Waals surface area contributed by atoms with Crippen LogP contribution in [0.5, 0.6) is 11.5 Å². The molecule has 26 heavy (non-hydrogen) atoms. The van der Waals surface area contributed by atoms with Crippen molar-refractivity contribution >= 4 is 33.6 Å². The molecule has 0 heterocycles. The number of rotatable bonds is 6. The fourth-order valence-electron chi connectivity index (χ4n) is 2.79. The van der Waals surface area contributed by atoms with E-state index in [-0.39, 0.29) is 17.1 Å². The first kappa shape index (κ1) is 18.1. The zero-order valence-corrected chi connectivity index (χ0v) is 15.8. The Morgan fingerprint density at radius 2 is 1.73 bits per heavy atom. The Labute approximate surface area is 160 Å². The lowest BCUT2D eigenvalue weighted by atomic mass is 10.1. The SMILES string of the molecule is C=CCOc1c(Br)cc(C=C2C(=O)c3ccccc3C2=O)cc1OCC. The summed E-state index contributed by atoms with van der Waals surface area (Å²) in [5.41, 5.74) is 1.72. The first-order valence-corrected chi connectivity index (χ1v) is 8.96. The van der Waals surface area contributed by atoms with Crippen molar-refractivity contribution in [1.29, 1.82) is 0 Å². The normalized spacial score (nSPS) is 12.8. The minimum Gasteiger partial charge on any atom is -0.490 e. The molecule has 0 saturated carbocycles. The average Bonchev–Trinajstić information content (AvgIpc) is 2.87. The Hall–Kier alpha value is -2.66. The molecule has 0 fully saturated rings. The van der Waals surface area contributed by atoms with Crippen LogP contribution in [-0.4, -0.2) is 24.8 Å². The maximum absolute atomic E-state index is 12.5. The molecule has 0 bridgehead atoms. The third-order valence-corrected chi connectivity index (χ3v) is 4.48. The number of carbonyl (C=O) groups excluding carboxylic acids is 2.